The Kier molecular flexibility index (Phi) is 4.09. The first kappa shape index (κ1) is 16.2. The molecule has 2 heterocycles. The van der Waals surface area contributed by atoms with Gasteiger partial charge >= 0.3 is 0 Å². The van der Waals surface area contributed by atoms with Crippen LogP contribution in [0.5, 0.6) is 5.88 Å². The number of nitrogens with zero attached hydrogens (tertiary/aromatic N) is 1. The summed E-state index contributed by atoms with van der Waals surface area (Å²) in [5.74, 6) is -0.205. The lowest BCUT2D eigenvalue weighted by Gasteiger charge is -2.05. The Labute approximate surface area is 150 Å². The van der Waals surface area contributed by atoms with Gasteiger partial charge in [0.1, 0.15) is 7.85 Å². The van der Waals surface area contributed by atoms with Gasteiger partial charge < -0.3 is 10.1 Å². The number of para-hydroxylation sites is 1. The third kappa shape index (κ3) is 2.90. The average molecular weight is 341 g/mol. The highest BCUT2D eigenvalue weighted by Crippen LogP contribution is 2.20. The van der Waals surface area contributed by atoms with Gasteiger partial charge in [0, 0.05) is 40.6 Å². The largest absolute Gasteiger partial charge is 0.494 e. The van der Waals surface area contributed by atoms with Crippen molar-refractivity contribution in [2.75, 3.05) is 6.54 Å². The third-order valence-electron chi connectivity index (χ3n) is 4.47. The average Bonchev–Trinajstić information content (AvgIpc) is 3.04. The molecule has 0 unspecified atom stereocenters. The molecule has 0 saturated carbocycles. The maximum Gasteiger partial charge on any atom is 0.258 e. The summed E-state index contributed by atoms with van der Waals surface area (Å²) < 4.78 is 0. The summed E-state index contributed by atoms with van der Waals surface area (Å²) in [6.45, 7) is 0.560. The number of pyridine rings is 1. The molecule has 2 aromatic heterocycles. The molecule has 6 heteroatoms. The van der Waals surface area contributed by atoms with Gasteiger partial charge in [-0.1, -0.05) is 35.8 Å². The zero-order valence-electron chi connectivity index (χ0n) is 14.0. The van der Waals surface area contributed by atoms with Gasteiger partial charge in [0.05, 0.1) is 5.56 Å². The number of rotatable bonds is 4. The van der Waals surface area contributed by atoms with Gasteiger partial charge in [-0.3, -0.25) is 14.8 Å². The molecule has 2 aromatic carbocycles. The zero-order valence-corrected chi connectivity index (χ0v) is 14.0. The Morgan fingerprint density at radius 1 is 1.12 bits per heavy atom. The number of hydrogen-bond acceptors (Lipinski definition) is 3. The number of nitrogens with one attached hydrogen (secondary N) is 2. The molecule has 0 atom stereocenters. The number of fused-ring (bicyclic) bond motifs is 2. The van der Waals surface area contributed by atoms with Crippen LogP contribution in [0.1, 0.15) is 11.1 Å². The minimum atomic E-state index is -0.353. The van der Waals surface area contributed by atoms with Crippen LogP contribution in [0.4, 0.5) is 0 Å². The molecule has 0 spiro atoms. The normalized spacial score (nSPS) is 11.7. The van der Waals surface area contributed by atoms with Gasteiger partial charge in [-0.15, -0.1) is 0 Å². The molecule has 126 valence electrons. The molecule has 4 aromatic rings. The smallest absolute Gasteiger partial charge is 0.258 e. The molecule has 0 bridgehead atoms. The van der Waals surface area contributed by atoms with E-state index in [1.54, 1.807) is 24.4 Å². The Balaban J connectivity index is 1.61. The highest BCUT2D eigenvalue weighted by Gasteiger charge is 2.09. The molecular formula is C20H16BN3O2. The number of hydrogen-bond donors (Lipinski definition) is 3. The molecule has 0 fully saturated rings. The molecule has 0 aliphatic rings. The highest BCUT2D eigenvalue weighted by molar-refractivity contribution is 6.33. The van der Waals surface area contributed by atoms with E-state index in [-0.39, 0.29) is 11.4 Å². The summed E-state index contributed by atoms with van der Waals surface area (Å²) in [7, 11) is 5.82. The van der Waals surface area contributed by atoms with E-state index in [2.05, 4.69) is 21.0 Å². The van der Waals surface area contributed by atoms with E-state index in [4.69, 9.17) is 7.85 Å². The van der Waals surface area contributed by atoms with Crippen LogP contribution in [0.15, 0.2) is 58.4 Å². The lowest BCUT2D eigenvalue weighted by Crippen LogP contribution is -2.11. The third-order valence-corrected chi connectivity index (χ3v) is 4.47. The van der Waals surface area contributed by atoms with E-state index in [1.165, 1.54) is 10.9 Å². The SMILES string of the molecule is [B]c1ccc2c(=O)[nH]c(O)c(C=NCCc3c[nH]c4ccccc34)c2c1. The monoisotopic (exact) mass is 341 g/mol. The van der Waals surface area contributed by atoms with Crippen LogP contribution in [0.3, 0.4) is 0 Å². The molecular weight excluding hydrogens is 325 g/mol. The molecule has 0 aliphatic heterocycles. The Bertz CT molecular complexity index is 1190. The fourth-order valence-electron chi connectivity index (χ4n) is 3.16. The van der Waals surface area contributed by atoms with Crippen molar-refractivity contribution in [3.8, 4) is 5.88 Å². The second kappa shape index (κ2) is 6.56. The number of H-pyrrole nitrogens is 2. The molecule has 3 N–H and O–H groups in total. The first-order chi connectivity index (χ1) is 12.6. The summed E-state index contributed by atoms with van der Waals surface area (Å²) in [6.07, 6.45) is 4.35. The van der Waals surface area contributed by atoms with Crippen LogP contribution in [0.2, 0.25) is 0 Å². The number of benzene rings is 2. The summed E-state index contributed by atoms with van der Waals surface area (Å²) in [4.78, 5) is 22.1. The molecule has 26 heavy (non-hydrogen) atoms. The summed E-state index contributed by atoms with van der Waals surface area (Å²) in [6, 6.07) is 13.1. The van der Waals surface area contributed by atoms with E-state index < -0.39 is 0 Å². The molecule has 4 rings (SSSR count). The Hall–Kier alpha value is -3.28. The van der Waals surface area contributed by atoms with Gasteiger partial charge in [-0.05, 0) is 24.1 Å². The van der Waals surface area contributed by atoms with E-state index in [1.807, 2.05) is 24.4 Å². The molecule has 0 aliphatic carbocycles. The maximum atomic E-state index is 12.0. The standard InChI is InChI=1S/C20H16BN3O2/c21-13-5-6-15-16(9-13)17(20(26)24-19(15)25)11-22-8-7-12-10-23-18-4-2-1-3-14(12)18/h1-6,9-11,23H,7-8H2,(H2,24,25,26). The van der Waals surface area contributed by atoms with Gasteiger partial charge in [0.25, 0.3) is 5.56 Å². The van der Waals surface area contributed by atoms with Gasteiger partial charge in [-0.25, -0.2) is 0 Å². The molecule has 2 radical (unpaired) electrons. The van der Waals surface area contributed by atoms with Crippen LogP contribution >= 0.6 is 0 Å². The van der Waals surface area contributed by atoms with E-state index >= 15 is 0 Å². The first-order valence-electron chi connectivity index (χ1n) is 8.33. The maximum absolute atomic E-state index is 12.0. The molecule has 0 saturated heterocycles. The quantitative estimate of drug-likeness (QED) is 0.393. The second-order valence-electron chi connectivity index (χ2n) is 6.17. The van der Waals surface area contributed by atoms with Crippen LogP contribution in [0.25, 0.3) is 21.7 Å². The van der Waals surface area contributed by atoms with Crippen molar-refractivity contribution in [1.29, 1.82) is 0 Å². The second-order valence-corrected chi connectivity index (χ2v) is 6.17. The van der Waals surface area contributed by atoms with Crippen molar-refractivity contribution < 1.29 is 5.11 Å². The summed E-state index contributed by atoms with van der Waals surface area (Å²) in [5.41, 5.74) is 2.93. The topological polar surface area (TPSA) is 81.2 Å². The number of aromatic nitrogens is 2. The number of aliphatic imine (C=N–C) groups is 1. The van der Waals surface area contributed by atoms with E-state index in [0.29, 0.717) is 28.3 Å². The number of aromatic amines is 2. The van der Waals surface area contributed by atoms with Gasteiger partial charge in [-0.2, -0.15) is 0 Å². The van der Waals surface area contributed by atoms with Crippen molar-refractivity contribution in [1.82, 2.24) is 9.97 Å². The van der Waals surface area contributed by atoms with Crippen molar-refractivity contribution in [3.05, 3.63) is 70.1 Å². The Morgan fingerprint density at radius 3 is 2.85 bits per heavy atom. The summed E-state index contributed by atoms with van der Waals surface area (Å²) in [5, 5.41) is 12.4. The fourth-order valence-corrected chi connectivity index (χ4v) is 3.16. The zero-order chi connectivity index (χ0) is 18.1. The van der Waals surface area contributed by atoms with E-state index in [0.717, 1.165) is 11.9 Å². The minimum absolute atomic E-state index is 0.205. The lowest BCUT2D eigenvalue weighted by atomic mass is 9.92. The van der Waals surface area contributed by atoms with Crippen LogP contribution < -0.4 is 11.0 Å². The van der Waals surface area contributed by atoms with Gasteiger partial charge in [0.15, 0.2) is 0 Å². The predicted molar refractivity (Wildman–Crippen MR) is 106 cm³/mol. The number of aromatic hydroxyl groups is 1. The Morgan fingerprint density at radius 2 is 1.96 bits per heavy atom. The highest BCUT2D eigenvalue weighted by atomic mass is 16.3. The van der Waals surface area contributed by atoms with Crippen molar-refractivity contribution >= 4 is 41.2 Å². The fraction of sp³-hybridized carbons (Fsp3) is 0.100. The van der Waals surface area contributed by atoms with Crippen molar-refractivity contribution in [3.63, 3.8) is 0 Å². The van der Waals surface area contributed by atoms with Gasteiger partial charge in [0.2, 0.25) is 5.88 Å². The van der Waals surface area contributed by atoms with E-state index in [9.17, 15) is 9.90 Å². The molecule has 5 nitrogen and oxygen atoms in total. The first-order valence-corrected chi connectivity index (χ1v) is 8.33. The van der Waals surface area contributed by atoms with Crippen molar-refractivity contribution in [2.45, 2.75) is 6.42 Å². The van der Waals surface area contributed by atoms with Crippen LogP contribution in [-0.2, 0) is 6.42 Å². The van der Waals surface area contributed by atoms with Crippen LogP contribution in [0, 0.1) is 0 Å². The minimum Gasteiger partial charge on any atom is -0.494 e. The lowest BCUT2D eigenvalue weighted by molar-refractivity contribution is 0.452. The molecule has 0 amide bonds. The van der Waals surface area contributed by atoms with Crippen LogP contribution in [-0.4, -0.2) is 35.7 Å². The van der Waals surface area contributed by atoms with Crippen molar-refractivity contribution in [2.24, 2.45) is 4.99 Å². The summed E-state index contributed by atoms with van der Waals surface area (Å²) >= 11 is 0. The predicted octanol–water partition coefficient (Wildman–Crippen LogP) is 2.17.